The van der Waals surface area contributed by atoms with Crippen molar-refractivity contribution >= 4 is 23.2 Å². The number of hydrogen-bond donors (Lipinski definition) is 1. The fraction of sp³-hybridized carbons (Fsp3) is 0.125. The first-order valence-corrected chi connectivity index (χ1v) is 6.47. The SMILES string of the molecule is Cc1ccc(C(=O)Nc2ccc(C#N)c(Cl)c2)c(C)c1. The Labute approximate surface area is 122 Å². The van der Waals surface area contributed by atoms with Gasteiger partial charge in [0.25, 0.3) is 5.91 Å². The Hall–Kier alpha value is -2.31. The lowest BCUT2D eigenvalue weighted by Gasteiger charge is -2.09. The average Bonchev–Trinajstić information content (AvgIpc) is 2.38. The second kappa shape index (κ2) is 5.77. The van der Waals surface area contributed by atoms with E-state index < -0.39 is 0 Å². The zero-order chi connectivity index (χ0) is 14.7. The molecule has 0 radical (unpaired) electrons. The van der Waals surface area contributed by atoms with Gasteiger partial charge in [0.2, 0.25) is 0 Å². The molecular formula is C16H13ClN2O. The maximum absolute atomic E-state index is 12.2. The van der Waals surface area contributed by atoms with Gasteiger partial charge in [0.15, 0.2) is 0 Å². The molecule has 100 valence electrons. The predicted octanol–water partition coefficient (Wildman–Crippen LogP) is 4.08. The van der Waals surface area contributed by atoms with Gasteiger partial charge in [0.1, 0.15) is 6.07 Å². The maximum Gasteiger partial charge on any atom is 0.255 e. The second-order valence-corrected chi connectivity index (χ2v) is 4.99. The minimum Gasteiger partial charge on any atom is -0.322 e. The number of nitrogens with one attached hydrogen (secondary N) is 1. The lowest BCUT2D eigenvalue weighted by molar-refractivity contribution is 0.102. The first-order valence-electron chi connectivity index (χ1n) is 6.09. The minimum absolute atomic E-state index is 0.191. The van der Waals surface area contributed by atoms with Gasteiger partial charge < -0.3 is 5.32 Å². The lowest BCUT2D eigenvalue weighted by Crippen LogP contribution is -2.13. The van der Waals surface area contributed by atoms with Gasteiger partial charge in [-0.1, -0.05) is 29.3 Å². The van der Waals surface area contributed by atoms with Crippen LogP contribution in [0.5, 0.6) is 0 Å². The Morgan fingerprint density at radius 2 is 1.95 bits per heavy atom. The Morgan fingerprint density at radius 3 is 2.55 bits per heavy atom. The zero-order valence-electron chi connectivity index (χ0n) is 11.2. The van der Waals surface area contributed by atoms with Gasteiger partial charge in [-0.25, -0.2) is 0 Å². The molecule has 0 saturated heterocycles. The zero-order valence-corrected chi connectivity index (χ0v) is 12.0. The minimum atomic E-state index is -0.191. The molecular weight excluding hydrogens is 272 g/mol. The van der Waals surface area contributed by atoms with Crippen molar-refractivity contribution in [3.63, 3.8) is 0 Å². The second-order valence-electron chi connectivity index (χ2n) is 4.58. The molecule has 0 atom stereocenters. The summed E-state index contributed by atoms with van der Waals surface area (Å²) in [6, 6.07) is 12.4. The molecule has 0 aliphatic rings. The standard InChI is InChI=1S/C16H13ClN2O/c1-10-3-6-14(11(2)7-10)16(20)19-13-5-4-12(9-18)15(17)8-13/h3-8H,1-2H3,(H,19,20). The van der Waals surface area contributed by atoms with E-state index in [0.717, 1.165) is 11.1 Å². The van der Waals surface area contributed by atoms with Crippen LogP contribution in [0.2, 0.25) is 5.02 Å². The van der Waals surface area contributed by atoms with E-state index in [1.165, 1.54) is 0 Å². The van der Waals surface area contributed by atoms with Crippen molar-refractivity contribution in [2.24, 2.45) is 0 Å². The number of hydrogen-bond acceptors (Lipinski definition) is 2. The maximum atomic E-state index is 12.2. The van der Waals surface area contributed by atoms with Crippen LogP contribution in [-0.2, 0) is 0 Å². The summed E-state index contributed by atoms with van der Waals surface area (Å²) in [7, 11) is 0. The first-order chi connectivity index (χ1) is 9.51. The number of carbonyl (C=O) groups is 1. The molecule has 2 rings (SSSR count). The molecule has 1 N–H and O–H groups in total. The Bertz CT molecular complexity index is 717. The third-order valence-corrected chi connectivity index (χ3v) is 3.29. The molecule has 0 spiro atoms. The van der Waals surface area contributed by atoms with Crippen LogP contribution in [0.25, 0.3) is 0 Å². The molecule has 0 bridgehead atoms. The molecule has 0 unspecified atom stereocenters. The van der Waals surface area contributed by atoms with Crippen molar-refractivity contribution in [1.29, 1.82) is 5.26 Å². The van der Waals surface area contributed by atoms with Gasteiger partial charge in [-0.2, -0.15) is 5.26 Å². The van der Waals surface area contributed by atoms with Crippen LogP contribution in [0.4, 0.5) is 5.69 Å². The third-order valence-electron chi connectivity index (χ3n) is 2.97. The summed E-state index contributed by atoms with van der Waals surface area (Å²) in [6.45, 7) is 3.88. The fourth-order valence-corrected chi connectivity index (χ4v) is 2.17. The normalized spacial score (nSPS) is 9.90. The molecule has 2 aromatic carbocycles. The smallest absolute Gasteiger partial charge is 0.255 e. The highest BCUT2D eigenvalue weighted by Gasteiger charge is 2.10. The number of anilines is 1. The highest BCUT2D eigenvalue weighted by Crippen LogP contribution is 2.21. The highest BCUT2D eigenvalue weighted by molar-refractivity contribution is 6.32. The number of carbonyl (C=O) groups excluding carboxylic acids is 1. The lowest BCUT2D eigenvalue weighted by atomic mass is 10.1. The number of aryl methyl sites for hydroxylation is 2. The molecule has 0 aliphatic heterocycles. The summed E-state index contributed by atoms with van der Waals surface area (Å²) >= 11 is 5.94. The van der Waals surface area contributed by atoms with Crippen LogP contribution < -0.4 is 5.32 Å². The topological polar surface area (TPSA) is 52.9 Å². The van der Waals surface area contributed by atoms with Crippen LogP contribution in [0.15, 0.2) is 36.4 Å². The van der Waals surface area contributed by atoms with E-state index in [1.54, 1.807) is 24.3 Å². The fourth-order valence-electron chi connectivity index (χ4n) is 1.95. The van der Waals surface area contributed by atoms with Crippen molar-refractivity contribution in [3.8, 4) is 6.07 Å². The van der Waals surface area contributed by atoms with Gasteiger partial charge in [-0.05, 0) is 43.7 Å². The third kappa shape index (κ3) is 2.98. The van der Waals surface area contributed by atoms with Crippen molar-refractivity contribution < 1.29 is 4.79 Å². The molecule has 0 aliphatic carbocycles. The summed E-state index contributed by atoms with van der Waals surface area (Å²) in [6.07, 6.45) is 0. The van der Waals surface area contributed by atoms with E-state index in [1.807, 2.05) is 32.0 Å². The molecule has 0 aromatic heterocycles. The first kappa shape index (κ1) is 14.1. The van der Waals surface area contributed by atoms with Crippen molar-refractivity contribution in [2.75, 3.05) is 5.32 Å². The highest BCUT2D eigenvalue weighted by atomic mass is 35.5. The van der Waals surface area contributed by atoms with Gasteiger partial charge in [-0.15, -0.1) is 0 Å². The molecule has 2 aromatic rings. The van der Waals surface area contributed by atoms with Crippen molar-refractivity contribution in [2.45, 2.75) is 13.8 Å². The molecule has 20 heavy (non-hydrogen) atoms. The van der Waals surface area contributed by atoms with E-state index >= 15 is 0 Å². The van der Waals surface area contributed by atoms with E-state index in [4.69, 9.17) is 16.9 Å². The molecule has 4 heteroatoms. The molecule has 0 heterocycles. The predicted molar refractivity (Wildman–Crippen MR) is 80.0 cm³/mol. The summed E-state index contributed by atoms with van der Waals surface area (Å²) < 4.78 is 0. The van der Waals surface area contributed by atoms with Crippen LogP contribution in [0.1, 0.15) is 27.0 Å². The van der Waals surface area contributed by atoms with Gasteiger partial charge in [0.05, 0.1) is 10.6 Å². The summed E-state index contributed by atoms with van der Waals surface area (Å²) in [5.74, 6) is -0.191. The largest absolute Gasteiger partial charge is 0.322 e. The van der Waals surface area contributed by atoms with Crippen LogP contribution in [-0.4, -0.2) is 5.91 Å². The number of rotatable bonds is 2. The average molecular weight is 285 g/mol. The Morgan fingerprint density at radius 1 is 1.20 bits per heavy atom. The number of amides is 1. The van der Waals surface area contributed by atoms with Gasteiger partial charge in [-0.3, -0.25) is 4.79 Å². The number of benzene rings is 2. The van der Waals surface area contributed by atoms with E-state index in [2.05, 4.69) is 5.32 Å². The van der Waals surface area contributed by atoms with Gasteiger partial charge in [0, 0.05) is 11.3 Å². The Balaban J connectivity index is 2.24. The Kier molecular flexibility index (Phi) is 4.07. The van der Waals surface area contributed by atoms with E-state index in [0.29, 0.717) is 21.8 Å². The van der Waals surface area contributed by atoms with E-state index in [-0.39, 0.29) is 5.91 Å². The van der Waals surface area contributed by atoms with Crippen LogP contribution in [0.3, 0.4) is 0 Å². The molecule has 1 amide bonds. The quantitative estimate of drug-likeness (QED) is 0.903. The van der Waals surface area contributed by atoms with Gasteiger partial charge >= 0.3 is 0 Å². The van der Waals surface area contributed by atoms with Crippen LogP contribution >= 0.6 is 11.6 Å². The van der Waals surface area contributed by atoms with Crippen molar-refractivity contribution in [1.82, 2.24) is 0 Å². The van der Waals surface area contributed by atoms with Crippen LogP contribution in [0, 0.1) is 25.2 Å². The van der Waals surface area contributed by atoms with E-state index in [9.17, 15) is 4.79 Å². The molecule has 3 nitrogen and oxygen atoms in total. The summed E-state index contributed by atoms with van der Waals surface area (Å²) in [5, 5.41) is 11.9. The summed E-state index contributed by atoms with van der Waals surface area (Å²) in [4.78, 5) is 12.2. The number of nitriles is 1. The summed E-state index contributed by atoms with van der Waals surface area (Å²) in [5.41, 5.74) is 3.61. The monoisotopic (exact) mass is 284 g/mol. The van der Waals surface area contributed by atoms with Crippen molar-refractivity contribution in [3.05, 3.63) is 63.7 Å². The number of halogens is 1. The molecule has 0 fully saturated rings. The number of nitrogens with zero attached hydrogens (tertiary/aromatic N) is 1. The molecule has 0 saturated carbocycles.